The maximum atomic E-state index is 3.08. The van der Waals surface area contributed by atoms with Crippen LogP contribution in [0.4, 0.5) is 0 Å². The molecule has 0 aromatic rings. The zero-order chi connectivity index (χ0) is 9.11. The molecule has 0 saturated carbocycles. The van der Waals surface area contributed by atoms with Crippen molar-refractivity contribution in [3.8, 4) is 0 Å². The highest BCUT2D eigenvalue weighted by Gasteiger charge is 1.83. The van der Waals surface area contributed by atoms with Crippen molar-refractivity contribution in [1.29, 1.82) is 0 Å². The molecule has 0 aromatic heterocycles. The number of hydrogen-bond donors (Lipinski definition) is 1. The van der Waals surface area contributed by atoms with Crippen molar-refractivity contribution in [2.24, 2.45) is 0 Å². The Hall–Kier alpha value is -0.560. The van der Waals surface area contributed by atoms with E-state index in [-0.39, 0.29) is 0 Å². The Balaban J connectivity index is 0. The first-order valence-corrected chi connectivity index (χ1v) is 4.27. The molecule has 0 rings (SSSR count). The quantitative estimate of drug-likeness (QED) is 0.618. The molecular formula is C10H21N. The summed E-state index contributed by atoms with van der Waals surface area (Å²) in [6.45, 7) is 9.03. The average Bonchev–Trinajstić information content (AvgIpc) is 2.08. The minimum absolute atomic E-state index is 0.959. The lowest BCUT2D eigenvalue weighted by atomic mass is 10.2. The standard InChI is InChI=1S/C8H15N.C2H6/c1-4-6-8(5-2)7-9-3;1-2/h4-6,9H,7H2,1-3H3;1-2H3/b6-4-,8-5+;. The van der Waals surface area contributed by atoms with E-state index in [4.69, 9.17) is 0 Å². The number of likely N-dealkylation sites (N-methyl/N-ethyl adjacent to an activating group) is 1. The molecule has 0 aliphatic heterocycles. The largest absolute Gasteiger partial charge is 0.316 e. The van der Waals surface area contributed by atoms with Gasteiger partial charge >= 0.3 is 0 Å². The molecule has 1 nitrogen and oxygen atoms in total. The lowest BCUT2D eigenvalue weighted by molar-refractivity contribution is 0.894. The van der Waals surface area contributed by atoms with E-state index in [0.717, 1.165) is 6.54 Å². The van der Waals surface area contributed by atoms with Crippen molar-refractivity contribution in [3.63, 3.8) is 0 Å². The summed E-state index contributed by atoms with van der Waals surface area (Å²) < 4.78 is 0. The first-order chi connectivity index (χ1) is 5.35. The summed E-state index contributed by atoms with van der Waals surface area (Å²) in [6.07, 6.45) is 6.26. The topological polar surface area (TPSA) is 12.0 Å². The van der Waals surface area contributed by atoms with Gasteiger partial charge in [-0.1, -0.05) is 32.1 Å². The molecule has 66 valence electrons. The van der Waals surface area contributed by atoms with Gasteiger partial charge in [0.15, 0.2) is 0 Å². The molecule has 0 aliphatic rings. The average molecular weight is 155 g/mol. The van der Waals surface area contributed by atoms with Crippen molar-refractivity contribution in [3.05, 3.63) is 23.8 Å². The second-order valence-electron chi connectivity index (χ2n) is 1.89. The van der Waals surface area contributed by atoms with Gasteiger partial charge < -0.3 is 5.32 Å². The second kappa shape index (κ2) is 12.1. The predicted molar refractivity (Wildman–Crippen MR) is 53.8 cm³/mol. The van der Waals surface area contributed by atoms with Gasteiger partial charge in [0.05, 0.1) is 0 Å². The van der Waals surface area contributed by atoms with Crippen LogP contribution in [0.2, 0.25) is 0 Å². The summed E-state index contributed by atoms with van der Waals surface area (Å²) in [7, 11) is 1.95. The van der Waals surface area contributed by atoms with E-state index in [1.807, 2.05) is 40.8 Å². The zero-order valence-electron chi connectivity index (χ0n) is 8.44. The van der Waals surface area contributed by atoms with E-state index in [0.29, 0.717) is 0 Å². The second-order valence-corrected chi connectivity index (χ2v) is 1.89. The summed E-state index contributed by atoms with van der Waals surface area (Å²) in [6, 6.07) is 0. The van der Waals surface area contributed by atoms with Crippen LogP contribution in [-0.2, 0) is 0 Å². The molecule has 0 unspecified atom stereocenters. The van der Waals surface area contributed by atoms with Gasteiger partial charge in [0, 0.05) is 6.54 Å². The summed E-state index contributed by atoms with van der Waals surface area (Å²) in [5.74, 6) is 0. The van der Waals surface area contributed by atoms with Gasteiger partial charge in [-0.3, -0.25) is 0 Å². The fraction of sp³-hybridized carbons (Fsp3) is 0.600. The first-order valence-electron chi connectivity index (χ1n) is 4.27. The minimum atomic E-state index is 0.959. The van der Waals surface area contributed by atoms with Crippen LogP contribution < -0.4 is 5.32 Å². The fourth-order valence-corrected chi connectivity index (χ4v) is 0.675. The Morgan fingerprint density at radius 2 is 1.82 bits per heavy atom. The molecule has 0 saturated heterocycles. The third-order valence-electron chi connectivity index (χ3n) is 1.13. The number of rotatable bonds is 3. The summed E-state index contributed by atoms with van der Waals surface area (Å²) >= 11 is 0. The maximum absolute atomic E-state index is 3.08. The number of allylic oxidation sites excluding steroid dienone is 2. The van der Waals surface area contributed by atoms with Crippen LogP contribution in [0.1, 0.15) is 27.7 Å². The molecule has 11 heavy (non-hydrogen) atoms. The van der Waals surface area contributed by atoms with Crippen molar-refractivity contribution in [2.75, 3.05) is 13.6 Å². The molecule has 0 radical (unpaired) electrons. The molecule has 1 N–H and O–H groups in total. The lowest BCUT2D eigenvalue weighted by Crippen LogP contribution is -2.08. The minimum Gasteiger partial charge on any atom is -0.316 e. The molecular weight excluding hydrogens is 134 g/mol. The van der Waals surface area contributed by atoms with Gasteiger partial charge in [-0.25, -0.2) is 0 Å². The molecule has 0 amide bonds. The Bertz CT molecular complexity index is 112. The molecule has 0 aliphatic carbocycles. The van der Waals surface area contributed by atoms with Crippen molar-refractivity contribution >= 4 is 0 Å². The third-order valence-corrected chi connectivity index (χ3v) is 1.13. The Morgan fingerprint density at radius 1 is 1.27 bits per heavy atom. The highest BCUT2D eigenvalue weighted by molar-refractivity contribution is 5.18. The van der Waals surface area contributed by atoms with E-state index in [1.54, 1.807) is 0 Å². The molecule has 0 spiro atoms. The Kier molecular flexibility index (Phi) is 14.4. The monoisotopic (exact) mass is 155 g/mol. The van der Waals surface area contributed by atoms with E-state index in [2.05, 4.69) is 17.5 Å². The van der Waals surface area contributed by atoms with Crippen molar-refractivity contribution in [2.45, 2.75) is 27.7 Å². The zero-order valence-corrected chi connectivity index (χ0v) is 8.44. The van der Waals surface area contributed by atoms with Gasteiger partial charge in [0.25, 0.3) is 0 Å². The predicted octanol–water partition coefficient (Wildman–Crippen LogP) is 2.75. The summed E-state index contributed by atoms with van der Waals surface area (Å²) in [5, 5.41) is 3.08. The molecule has 1 heteroatoms. The highest BCUT2D eigenvalue weighted by atomic mass is 14.8. The van der Waals surface area contributed by atoms with Crippen molar-refractivity contribution < 1.29 is 0 Å². The van der Waals surface area contributed by atoms with Crippen molar-refractivity contribution in [1.82, 2.24) is 5.32 Å². The van der Waals surface area contributed by atoms with Crippen LogP contribution in [0.5, 0.6) is 0 Å². The van der Waals surface area contributed by atoms with Gasteiger partial charge in [-0.2, -0.15) is 0 Å². The van der Waals surface area contributed by atoms with Gasteiger partial charge in [-0.05, 0) is 26.5 Å². The van der Waals surface area contributed by atoms with Crippen LogP contribution in [0.3, 0.4) is 0 Å². The van der Waals surface area contributed by atoms with Gasteiger partial charge in [0.1, 0.15) is 0 Å². The SMILES string of the molecule is C/C=C\C(=C/C)CNC.CC. The molecule has 0 bridgehead atoms. The van der Waals surface area contributed by atoms with Crippen LogP contribution in [-0.4, -0.2) is 13.6 Å². The molecule has 0 fully saturated rings. The smallest absolute Gasteiger partial charge is 0.0199 e. The molecule has 0 aromatic carbocycles. The van der Waals surface area contributed by atoms with E-state index < -0.39 is 0 Å². The van der Waals surface area contributed by atoms with Crippen LogP contribution in [0.25, 0.3) is 0 Å². The highest BCUT2D eigenvalue weighted by Crippen LogP contribution is 1.92. The lowest BCUT2D eigenvalue weighted by Gasteiger charge is -1.96. The molecule has 0 heterocycles. The molecule has 0 atom stereocenters. The Labute approximate surface area is 71.2 Å². The van der Waals surface area contributed by atoms with Gasteiger partial charge in [-0.15, -0.1) is 0 Å². The van der Waals surface area contributed by atoms with E-state index in [9.17, 15) is 0 Å². The summed E-state index contributed by atoms with van der Waals surface area (Å²) in [5.41, 5.74) is 1.33. The Morgan fingerprint density at radius 3 is 2.09 bits per heavy atom. The first kappa shape index (κ1) is 13.1. The third kappa shape index (κ3) is 9.44. The van der Waals surface area contributed by atoms with E-state index >= 15 is 0 Å². The van der Waals surface area contributed by atoms with Crippen LogP contribution >= 0.6 is 0 Å². The van der Waals surface area contributed by atoms with Gasteiger partial charge in [0.2, 0.25) is 0 Å². The summed E-state index contributed by atoms with van der Waals surface area (Å²) in [4.78, 5) is 0. The normalized spacial score (nSPS) is 11.2. The number of hydrogen-bond acceptors (Lipinski definition) is 1. The van der Waals surface area contributed by atoms with Crippen LogP contribution in [0.15, 0.2) is 23.8 Å². The maximum Gasteiger partial charge on any atom is 0.0199 e. The number of nitrogens with one attached hydrogen (secondary N) is 1. The van der Waals surface area contributed by atoms with Crippen LogP contribution in [0, 0.1) is 0 Å². The van der Waals surface area contributed by atoms with E-state index in [1.165, 1.54) is 5.57 Å². The fourth-order valence-electron chi connectivity index (χ4n) is 0.675.